The highest BCUT2D eigenvalue weighted by Crippen LogP contribution is 2.36. The van der Waals surface area contributed by atoms with Crippen LogP contribution in [0.1, 0.15) is 35.2 Å². The predicted octanol–water partition coefficient (Wildman–Crippen LogP) is 1.10. The number of hydrogen-bond donors (Lipinski definition) is 0. The number of amides is 2. The first-order chi connectivity index (χ1) is 14.1. The van der Waals surface area contributed by atoms with Crippen molar-refractivity contribution < 1.29 is 14.3 Å². The highest BCUT2D eigenvalue weighted by molar-refractivity contribution is 5.95. The minimum atomic E-state index is -0.372. The minimum Gasteiger partial charge on any atom is -0.368 e. The lowest BCUT2D eigenvalue weighted by molar-refractivity contribution is -0.196. The van der Waals surface area contributed by atoms with Gasteiger partial charge in [-0.2, -0.15) is 5.26 Å². The lowest BCUT2D eigenvalue weighted by Gasteiger charge is -2.56. The summed E-state index contributed by atoms with van der Waals surface area (Å²) in [6.07, 6.45) is 3.58. The number of benzene rings is 1. The van der Waals surface area contributed by atoms with E-state index in [2.05, 4.69) is 11.0 Å². The number of nitrogens with zero attached hydrogens (tertiary/aromatic N) is 4. The molecule has 1 spiro atoms. The van der Waals surface area contributed by atoms with Gasteiger partial charge >= 0.3 is 0 Å². The monoisotopic (exact) mass is 394 g/mol. The Labute approximate surface area is 170 Å². The molecule has 0 aromatic heterocycles. The fourth-order valence-electron chi connectivity index (χ4n) is 4.57. The summed E-state index contributed by atoms with van der Waals surface area (Å²) in [6, 6.07) is 8.72. The van der Waals surface area contributed by atoms with Crippen molar-refractivity contribution in [3.05, 3.63) is 35.4 Å². The molecule has 4 aliphatic rings. The van der Waals surface area contributed by atoms with Gasteiger partial charge in [-0.15, -0.1) is 0 Å². The lowest BCUT2D eigenvalue weighted by atomic mass is 9.89. The molecule has 3 saturated heterocycles. The third kappa shape index (κ3) is 3.52. The maximum Gasteiger partial charge on any atom is 0.254 e. The molecule has 1 aliphatic carbocycles. The summed E-state index contributed by atoms with van der Waals surface area (Å²) in [4.78, 5) is 31.7. The Hall–Kier alpha value is -2.43. The molecule has 7 nitrogen and oxygen atoms in total. The van der Waals surface area contributed by atoms with E-state index in [0.717, 1.165) is 26.1 Å². The summed E-state index contributed by atoms with van der Waals surface area (Å²) >= 11 is 0. The smallest absolute Gasteiger partial charge is 0.254 e. The zero-order valence-corrected chi connectivity index (χ0v) is 16.5. The molecule has 0 N–H and O–H groups in total. The Morgan fingerprint density at radius 3 is 2.62 bits per heavy atom. The van der Waals surface area contributed by atoms with Crippen LogP contribution in [0.3, 0.4) is 0 Å². The SMILES string of the molecule is N#Cc1cccc(C(=O)N2CC3(C2)CN(CC2CC2)C(C(=O)N2CCC2)CO3)c1. The third-order valence-electron chi connectivity index (χ3n) is 6.61. The van der Waals surface area contributed by atoms with Crippen LogP contribution in [0, 0.1) is 17.2 Å². The van der Waals surface area contributed by atoms with Crippen LogP contribution >= 0.6 is 0 Å². The second-order valence-electron chi connectivity index (χ2n) is 8.92. The summed E-state index contributed by atoms with van der Waals surface area (Å²) in [5, 5.41) is 9.06. The molecule has 2 amide bonds. The molecule has 3 heterocycles. The first-order valence-corrected chi connectivity index (χ1v) is 10.5. The van der Waals surface area contributed by atoms with E-state index < -0.39 is 0 Å². The number of nitriles is 1. The molecule has 1 unspecified atom stereocenters. The maximum absolute atomic E-state index is 12.8. The van der Waals surface area contributed by atoms with Crippen molar-refractivity contribution in [3.63, 3.8) is 0 Å². The van der Waals surface area contributed by atoms with Gasteiger partial charge in [-0.3, -0.25) is 14.5 Å². The zero-order chi connectivity index (χ0) is 20.0. The second kappa shape index (κ2) is 7.12. The van der Waals surface area contributed by atoms with E-state index in [1.54, 1.807) is 29.2 Å². The van der Waals surface area contributed by atoms with Gasteiger partial charge < -0.3 is 14.5 Å². The van der Waals surface area contributed by atoms with Gasteiger partial charge in [0.05, 0.1) is 31.3 Å². The van der Waals surface area contributed by atoms with Crippen LogP contribution in [-0.4, -0.2) is 84.0 Å². The van der Waals surface area contributed by atoms with Crippen LogP contribution in [0.15, 0.2) is 24.3 Å². The number of rotatable bonds is 4. The van der Waals surface area contributed by atoms with Crippen LogP contribution in [0.2, 0.25) is 0 Å². The van der Waals surface area contributed by atoms with Gasteiger partial charge in [0.1, 0.15) is 11.6 Å². The zero-order valence-electron chi connectivity index (χ0n) is 16.5. The average molecular weight is 394 g/mol. The van der Waals surface area contributed by atoms with E-state index in [0.29, 0.717) is 43.3 Å². The molecule has 4 fully saturated rings. The van der Waals surface area contributed by atoms with Crippen molar-refractivity contribution in [2.24, 2.45) is 5.92 Å². The normalized spacial score (nSPS) is 25.8. The Bertz CT molecular complexity index is 865. The molecule has 29 heavy (non-hydrogen) atoms. The largest absolute Gasteiger partial charge is 0.368 e. The minimum absolute atomic E-state index is 0.0659. The standard InChI is InChI=1S/C22H26N4O3/c23-10-17-3-1-4-18(9-17)20(27)26-14-22(15-26)13-25(11-16-5-6-16)19(12-29-22)21(28)24-7-2-8-24/h1,3-4,9,16,19H,2,5-8,11-15H2. The molecule has 1 saturated carbocycles. The summed E-state index contributed by atoms with van der Waals surface area (Å²) in [5.41, 5.74) is 0.654. The topological polar surface area (TPSA) is 76.9 Å². The Morgan fingerprint density at radius 1 is 1.17 bits per heavy atom. The van der Waals surface area contributed by atoms with Crippen LogP contribution < -0.4 is 0 Å². The fraction of sp³-hybridized carbons (Fsp3) is 0.591. The van der Waals surface area contributed by atoms with E-state index in [4.69, 9.17) is 10.00 Å². The van der Waals surface area contributed by atoms with Gasteiger partial charge in [0.2, 0.25) is 5.91 Å². The van der Waals surface area contributed by atoms with Crippen molar-refractivity contribution >= 4 is 11.8 Å². The first kappa shape index (κ1) is 18.6. The van der Waals surface area contributed by atoms with Crippen molar-refractivity contribution in [1.82, 2.24) is 14.7 Å². The Kier molecular flexibility index (Phi) is 4.56. The Morgan fingerprint density at radius 2 is 1.97 bits per heavy atom. The highest BCUT2D eigenvalue weighted by Gasteiger charge is 2.53. The van der Waals surface area contributed by atoms with Crippen LogP contribution in [0.4, 0.5) is 0 Å². The summed E-state index contributed by atoms with van der Waals surface area (Å²) < 4.78 is 6.21. The molecular formula is C22H26N4O3. The third-order valence-corrected chi connectivity index (χ3v) is 6.61. The molecule has 3 aliphatic heterocycles. The van der Waals surface area contributed by atoms with Crippen molar-refractivity contribution in [3.8, 4) is 6.07 Å². The summed E-state index contributed by atoms with van der Waals surface area (Å²) in [6.45, 7) is 4.86. The number of carbonyl (C=O) groups is 2. The van der Waals surface area contributed by atoms with Crippen molar-refractivity contribution in [1.29, 1.82) is 5.26 Å². The lowest BCUT2D eigenvalue weighted by Crippen LogP contribution is -2.74. The summed E-state index contributed by atoms with van der Waals surface area (Å²) in [5.74, 6) is 0.833. The fourth-order valence-corrected chi connectivity index (χ4v) is 4.57. The van der Waals surface area contributed by atoms with E-state index in [9.17, 15) is 9.59 Å². The number of morpholine rings is 1. The second-order valence-corrected chi connectivity index (χ2v) is 8.92. The van der Waals surface area contributed by atoms with E-state index >= 15 is 0 Å². The molecule has 5 rings (SSSR count). The van der Waals surface area contributed by atoms with Crippen molar-refractivity contribution in [2.45, 2.75) is 30.9 Å². The molecular weight excluding hydrogens is 368 g/mol. The van der Waals surface area contributed by atoms with Crippen LogP contribution in [0.25, 0.3) is 0 Å². The first-order valence-electron chi connectivity index (χ1n) is 10.5. The van der Waals surface area contributed by atoms with E-state index in [-0.39, 0.29) is 23.5 Å². The molecule has 0 bridgehead atoms. The Balaban J connectivity index is 1.24. The van der Waals surface area contributed by atoms with Gasteiger partial charge in [-0.25, -0.2) is 0 Å². The van der Waals surface area contributed by atoms with Gasteiger partial charge in [0, 0.05) is 31.7 Å². The quantitative estimate of drug-likeness (QED) is 0.764. The van der Waals surface area contributed by atoms with Gasteiger partial charge in [-0.05, 0) is 43.4 Å². The predicted molar refractivity (Wildman–Crippen MR) is 105 cm³/mol. The van der Waals surface area contributed by atoms with Gasteiger partial charge in [-0.1, -0.05) is 6.07 Å². The average Bonchev–Trinajstić information content (AvgIpc) is 3.48. The van der Waals surface area contributed by atoms with Crippen LogP contribution in [0.5, 0.6) is 0 Å². The molecule has 1 atom stereocenters. The number of ether oxygens (including phenoxy) is 1. The van der Waals surface area contributed by atoms with Gasteiger partial charge in [0.15, 0.2) is 0 Å². The van der Waals surface area contributed by atoms with Crippen LogP contribution in [-0.2, 0) is 9.53 Å². The molecule has 1 aromatic carbocycles. The summed E-state index contributed by atoms with van der Waals surface area (Å²) in [7, 11) is 0. The molecule has 7 heteroatoms. The molecule has 1 aromatic rings. The number of carbonyl (C=O) groups excluding carboxylic acids is 2. The van der Waals surface area contributed by atoms with Crippen molar-refractivity contribution in [2.75, 3.05) is 45.9 Å². The maximum atomic E-state index is 12.8. The highest BCUT2D eigenvalue weighted by atomic mass is 16.5. The number of hydrogen-bond acceptors (Lipinski definition) is 5. The molecule has 0 radical (unpaired) electrons. The number of likely N-dealkylation sites (tertiary alicyclic amines) is 2. The van der Waals surface area contributed by atoms with Gasteiger partial charge in [0.25, 0.3) is 5.91 Å². The molecule has 152 valence electrons. The van der Waals surface area contributed by atoms with E-state index in [1.807, 2.05) is 4.90 Å². The van der Waals surface area contributed by atoms with E-state index in [1.165, 1.54) is 12.8 Å².